The van der Waals surface area contributed by atoms with Crippen LogP contribution in [0.2, 0.25) is 0 Å². The predicted octanol–water partition coefficient (Wildman–Crippen LogP) is 4.52. The number of ether oxygens (including phenoxy) is 4. The Morgan fingerprint density at radius 3 is 1.93 bits per heavy atom. The Kier molecular flexibility index (Phi) is 9.66. The Labute approximate surface area is 240 Å². The molecule has 12 heteroatoms. The summed E-state index contributed by atoms with van der Waals surface area (Å²) >= 11 is 1.29. The molecule has 11 nitrogen and oxygen atoms in total. The number of Topliss-reactive ketones (excluding diaryl/α,β-unsaturated/α-hetero) is 1. The summed E-state index contributed by atoms with van der Waals surface area (Å²) in [6, 6.07) is 9.02. The summed E-state index contributed by atoms with van der Waals surface area (Å²) in [5.74, 6) is -0.309. The first-order valence-electron chi connectivity index (χ1n) is 13.0. The number of amides is 1. The van der Waals surface area contributed by atoms with Gasteiger partial charge in [0.1, 0.15) is 0 Å². The lowest BCUT2D eigenvalue weighted by atomic mass is 10.1. The van der Waals surface area contributed by atoms with Gasteiger partial charge in [-0.1, -0.05) is 0 Å². The quantitative estimate of drug-likeness (QED) is 0.193. The van der Waals surface area contributed by atoms with Crippen molar-refractivity contribution in [2.45, 2.75) is 45.2 Å². The minimum absolute atomic E-state index is 0.0416. The van der Waals surface area contributed by atoms with E-state index in [9.17, 15) is 19.2 Å². The summed E-state index contributed by atoms with van der Waals surface area (Å²) in [6.07, 6.45) is 0.0370. The molecule has 41 heavy (non-hydrogen) atoms. The van der Waals surface area contributed by atoms with Gasteiger partial charge in [-0.25, -0.2) is 0 Å². The Balaban J connectivity index is 1.33. The van der Waals surface area contributed by atoms with Gasteiger partial charge in [0.2, 0.25) is 5.91 Å². The van der Waals surface area contributed by atoms with E-state index in [1.165, 1.54) is 18.4 Å². The third kappa shape index (κ3) is 7.46. The SMILES string of the molecule is COc1cc2c(cc1OCCCOc1cc3cc(C(=O)CCC(=O)O)sc3cc1OC)CN(C(=O)CCC(=O)O)C2. The first-order valence-corrected chi connectivity index (χ1v) is 13.8. The lowest BCUT2D eigenvalue weighted by Gasteiger charge is -2.14. The van der Waals surface area contributed by atoms with Crippen molar-refractivity contribution in [1.29, 1.82) is 0 Å². The lowest BCUT2D eigenvalue weighted by Crippen LogP contribution is -2.25. The van der Waals surface area contributed by atoms with E-state index in [1.807, 2.05) is 12.1 Å². The van der Waals surface area contributed by atoms with Gasteiger partial charge in [-0.15, -0.1) is 11.3 Å². The van der Waals surface area contributed by atoms with Crippen LogP contribution in [0.25, 0.3) is 10.1 Å². The highest BCUT2D eigenvalue weighted by Gasteiger charge is 2.26. The number of nitrogens with zero attached hydrogens (tertiary/aromatic N) is 1. The second-order valence-corrected chi connectivity index (χ2v) is 10.5. The molecule has 0 fully saturated rings. The van der Waals surface area contributed by atoms with Crippen LogP contribution in [0.15, 0.2) is 30.3 Å². The second kappa shape index (κ2) is 13.4. The molecule has 0 bridgehead atoms. The lowest BCUT2D eigenvalue weighted by molar-refractivity contribution is -0.141. The first-order chi connectivity index (χ1) is 19.7. The number of benzene rings is 2. The standard InChI is InChI=1S/C29H31NO10S/c1-37-21-11-18-15-30(27(32)5-7-29(35)36)16-19(18)12-24(21)40-9-3-8-39-23-10-17-13-26(20(31)4-6-28(33)34)41-25(17)14-22(23)38-2/h10-14H,3-9,15-16H2,1-2H3,(H,33,34)(H,35,36). The van der Waals surface area contributed by atoms with E-state index in [0.29, 0.717) is 60.6 Å². The molecule has 218 valence electrons. The van der Waals surface area contributed by atoms with E-state index >= 15 is 0 Å². The molecule has 3 aromatic rings. The van der Waals surface area contributed by atoms with E-state index in [0.717, 1.165) is 21.2 Å². The molecule has 1 aromatic heterocycles. The molecule has 0 saturated heterocycles. The van der Waals surface area contributed by atoms with Crippen molar-refractivity contribution in [2.24, 2.45) is 0 Å². The number of thiophene rings is 1. The van der Waals surface area contributed by atoms with Gasteiger partial charge < -0.3 is 34.1 Å². The maximum atomic E-state index is 12.4. The highest BCUT2D eigenvalue weighted by atomic mass is 32.1. The van der Waals surface area contributed by atoms with Crippen LogP contribution in [0.1, 0.15) is 52.9 Å². The number of carbonyl (C=O) groups is 4. The molecule has 2 N–H and O–H groups in total. The number of fused-ring (bicyclic) bond motifs is 2. The molecule has 0 saturated carbocycles. The van der Waals surface area contributed by atoms with Crippen molar-refractivity contribution >= 4 is 45.1 Å². The van der Waals surface area contributed by atoms with Crippen LogP contribution >= 0.6 is 11.3 Å². The summed E-state index contributed by atoms with van der Waals surface area (Å²) in [5, 5.41) is 18.5. The minimum Gasteiger partial charge on any atom is -0.493 e. The van der Waals surface area contributed by atoms with Crippen molar-refractivity contribution in [3.8, 4) is 23.0 Å². The topological polar surface area (TPSA) is 149 Å². The zero-order valence-electron chi connectivity index (χ0n) is 22.8. The van der Waals surface area contributed by atoms with Gasteiger partial charge in [-0.3, -0.25) is 19.2 Å². The van der Waals surface area contributed by atoms with E-state index in [2.05, 4.69) is 0 Å². The summed E-state index contributed by atoms with van der Waals surface area (Å²) in [7, 11) is 3.07. The highest BCUT2D eigenvalue weighted by molar-refractivity contribution is 7.20. The van der Waals surface area contributed by atoms with Gasteiger partial charge in [0.15, 0.2) is 28.8 Å². The predicted molar refractivity (Wildman–Crippen MR) is 149 cm³/mol. The number of rotatable bonds is 15. The van der Waals surface area contributed by atoms with Crippen LogP contribution < -0.4 is 18.9 Å². The Hall–Kier alpha value is -4.32. The molecule has 0 spiro atoms. The smallest absolute Gasteiger partial charge is 0.303 e. The Morgan fingerprint density at radius 2 is 1.32 bits per heavy atom. The third-order valence-corrected chi connectivity index (χ3v) is 7.70. The van der Waals surface area contributed by atoms with E-state index in [4.69, 9.17) is 29.2 Å². The van der Waals surface area contributed by atoms with Crippen LogP contribution in [0.4, 0.5) is 0 Å². The van der Waals surface area contributed by atoms with Crippen molar-refractivity contribution in [3.05, 3.63) is 46.3 Å². The molecule has 0 atom stereocenters. The molecule has 1 aliphatic heterocycles. The van der Waals surface area contributed by atoms with E-state index < -0.39 is 11.9 Å². The number of carbonyl (C=O) groups excluding carboxylic acids is 2. The molecule has 1 amide bonds. The van der Waals surface area contributed by atoms with Crippen LogP contribution in [-0.4, -0.2) is 66.2 Å². The molecule has 0 aliphatic carbocycles. The third-order valence-electron chi connectivity index (χ3n) is 6.56. The summed E-state index contributed by atoms with van der Waals surface area (Å²) in [5.41, 5.74) is 1.86. The molecule has 0 radical (unpaired) electrons. The molecule has 4 rings (SSSR count). The van der Waals surface area contributed by atoms with Crippen molar-refractivity contribution in [2.75, 3.05) is 27.4 Å². The van der Waals surface area contributed by atoms with E-state index in [1.54, 1.807) is 30.2 Å². The second-order valence-electron chi connectivity index (χ2n) is 9.43. The normalized spacial score (nSPS) is 12.2. The fourth-order valence-corrected chi connectivity index (χ4v) is 5.49. The molecule has 0 unspecified atom stereocenters. The zero-order valence-corrected chi connectivity index (χ0v) is 23.6. The minimum atomic E-state index is -1.01. The Morgan fingerprint density at radius 1 is 0.756 bits per heavy atom. The maximum Gasteiger partial charge on any atom is 0.303 e. The number of hydrogen-bond acceptors (Lipinski definition) is 9. The largest absolute Gasteiger partial charge is 0.493 e. The van der Waals surface area contributed by atoms with Gasteiger partial charge in [0.25, 0.3) is 0 Å². The van der Waals surface area contributed by atoms with Gasteiger partial charge in [-0.05, 0) is 40.8 Å². The molecule has 2 heterocycles. The maximum absolute atomic E-state index is 12.4. The summed E-state index contributed by atoms with van der Waals surface area (Å²) < 4.78 is 23.7. The van der Waals surface area contributed by atoms with Crippen LogP contribution in [0.3, 0.4) is 0 Å². The molecule has 2 aromatic carbocycles. The van der Waals surface area contributed by atoms with Crippen molar-refractivity contribution in [1.82, 2.24) is 4.90 Å². The number of aliphatic carboxylic acids is 2. The highest BCUT2D eigenvalue weighted by Crippen LogP contribution is 2.38. The Bertz CT molecular complexity index is 1460. The van der Waals surface area contributed by atoms with Crippen LogP contribution in [0.5, 0.6) is 23.0 Å². The van der Waals surface area contributed by atoms with E-state index in [-0.39, 0.29) is 37.4 Å². The molecular weight excluding hydrogens is 554 g/mol. The average Bonchev–Trinajstić information content (AvgIpc) is 3.56. The average molecular weight is 586 g/mol. The number of hydrogen-bond donors (Lipinski definition) is 2. The fraction of sp³-hybridized carbons (Fsp3) is 0.379. The molecular formula is C29H31NO10S. The van der Waals surface area contributed by atoms with Gasteiger partial charge in [0.05, 0.1) is 45.2 Å². The molecule has 1 aliphatic rings. The van der Waals surface area contributed by atoms with Crippen molar-refractivity contribution < 1.29 is 48.3 Å². The number of methoxy groups -OCH3 is 2. The zero-order chi connectivity index (χ0) is 29.5. The number of carboxylic acids is 2. The van der Waals surface area contributed by atoms with Gasteiger partial charge in [-0.2, -0.15) is 0 Å². The van der Waals surface area contributed by atoms with Crippen LogP contribution in [0, 0.1) is 0 Å². The monoisotopic (exact) mass is 585 g/mol. The number of carboxylic acid groups (broad SMARTS) is 2. The van der Waals surface area contributed by atoms with Crippen LogP contribution in [-0.2, 0) is 27.5 Å². The number of ketones is 1. The van der Waals surface area contributed by atoms with Crippen molar-refractivity contribution in [3.63, 3.8) is 0 Å². The van der Waals surface area contributed by atoms with Gasteiger partial charge >= 0.3 is 11.9 Å². The summed E-state index contributed by atoms with van der Waals surface area (Å²) in [4.78, 5) is 48.4. The summed E-state index contributed by atoms with van der Waals surface area (Å²) in [6.45, 7) is 1.44. The van der Waals surface area contributed by atoms with Gasteiger partial charge in [0, 0.05) is 43.1 Å². The first kappa shape index (κ1) is 29.7. The fourth-order valence-electron chi connectivity index (χ4n) is 4.45.